The van der Waals surface area contributed by atoms with Crippen LogP contribution < -0.4 is 0 Å². The van der Waals surface area contributed by atoms with Crippen LogP contribution in [0.3, 0.4) is 0 Å². The van der Waals surface area contributed by atoms with E-state index >= 15 is 0 Å². The summed E-state index contributed by atoms with van der Waals surface area (Å²) in [6.45, 7) is 1.71. The van der Waals surface area contributed by atoms with Crippen molar-refractivity contribution in [2.75, 3.05) is 14.2 Å². The van der Waals surface area contributed by atoms with Crippen LogP contribution in [0.1, 0.15) is 6.92 Å². The number of methoxy groups -OCH3 is 2. The van der Waals surface area contributed by atoms with Gasteiger partial charge in [0.2, 0.25) is 0 Å². The van der Waals surface area contributed by atoms with Gasteiger partial charge >= 0.3 is 0 Å². The lowest BCUT2D eigenvalue weighted by atomic mass is 9.92. The highest BCUT2D eigenvalue weighted by atomic mass is 16.5. The highest BCUT2D eigenvalue weighted by Gasteiger charge is 2.38. The fraction of sp³-hybridized carbons (Fsp3) is 0.556. The highest BCUT2D eigenvalue weighted by molar-refractivity contribution is 5.30. The van der Waals surface area contributed by atoms with Crippen LogP contribution in [-0.2, 0) is 9.47 Å². The molecule has 1 aliphatic rings. The number of rotatable bonds is 2. The van der Waals surface area contributed by atoms with Crippen molar-refractivity contribution in [1.29, 1.82) is 0 Å². The minimum Gasteiger partial charge on any atom is -0.504 e. The lowest BCUT2D eigenvalue weighted by molar-refractivity contribution is -0.0636. The minimum atomic E-state index is -0.979. The number of ether oxygens (including phenoxy) is 2. The van der Waals surface area contributed by atoms with Crippen LogP contribution in [0.25, 0.3) is 0 Å². The molecule has 0 saturated carbocycles. The van der Waals surface area contributed by atoms with Crippen molar-refractivity contribution in [3.63, 3.8) is 0 Å². The first-order chi connectivity index (χ1) is 6.05. The van der Waals surface area contributed by atoms with Gasteiger partial charge in [-0.15, -0.1) is 0 Å². The summed E-state index contributed by atoms with van der Waals surface area (Å²) < 4.78 is 9.97. The summed E-state index contributed by atoms with van der Waals surface area (Å²) in [6.07, 6.45) is 2.07. The molecule has 0 bridgehead atoms. The first kappa shape index (κ1) is 10.1. The molecule has 0 heterocycles. The van der Waals surface area contributed by atoms with Gasteiger partial charge in [-0.3, -0.25) is 0 Å². The predicted octanol–water partition coefficient (Wildman–Crippen LogP) is 0.738. The van der Waals surface area contributed by atoms with Gasteiger partial charge in [0.25, 0.3) is 0 Å². The molecular weight excluding hydrogens is 172 g/mol. The SMILES string of the molecule is COC1=C(O)C=CC(C)(OC)C1O. The lowest BCUT2D eigenvalue weighted by Gasteiger charge is -2.33. The predicted molar refractivity (Wildman–Crippen MR) is 47.2 cm³/mol. The second-order valence-corrected chi connectivity index (χ2v) is 3.08. The van der Waals surface area contributed by atoms with E-state index in [1.54, 1.807) is 13.0 Å². The van der Waals surface area contributed by atoms with Crippen molar-refractivity contribution in [2.24, 2.45) is 0 Å². The van der Waals surface area contributed by atoms with Crippen LogP contribution in [0.4, 0.5) is 0 Å². The van der Waals surface area contributed by atoms with Crippen molar-refractivity contribution < 1.29 is 19.7 Å². The van der Waals surface area contributed by atoms with Gasteiger partial charge in [0.05, 0.1) is 7.11 Å². The quantitative estimate of drug-likeness (QED) is 0.667. The third-order valence-corrected chi connectivity index (χ3v) is 2.28. The van der Waals surface area contributed by atoms with E-state index in [0.29, 0.717) is 0 Å². The largest absolute Gasteiger partial charge is 0.504 e. The maximum Gasteiger partial charge on any atom is 0.169 e. The smallest absolute Gasteiger partial charge is 0.169 e. The van der Waals surface area contributed by atoms with Crippen LogP contribution in [0.15, 0.2) is 23.7 Å². The second-order valence-electron chi connectivity index (χ2n) is 3.08. The van der Waals surface area contributed by atoms with Gasteiger partial charge in [-0.05, 0) is 19.1 Å². The summed E-state index contributed by atoms with van der Waals surface area (Å²) in [7, 11) is 2.88. The summed E-state index contributed by atoms with van der Waals surface area (Å²) in [6, 6.07) is 0. The summed E-state index contributed by atoms with van der Waals surface area (Å²) in [4.78, 5) is 0. The zero-order chi connectivity index (χ0) is 10.1. The zero-order valence-electron chi connectivity index (χ0n) is 7.94. The molecule has 0 radical (unpaired) electrons. The summed E-state index contributed by atoms with van der Waals surface area (Å²) in [5, 5.41) is 19.1. The van der Waals surface area contributed by atoms with Gasteiger partial charge in [-0.1, -0.05) is 0 Å². The molecule has 0 fully saturated rings. The van der Waals surface area contributed by atoms with E-state index in [1.807, 2.05) is 0 Å². The fourth-order valence-electron chi connectivity index (χ4n) is 1.21. The normalized spacial score (nSPS) is 33.7. The van der Waals surface area contributed by atoms with E-state index in [2.05, 4.69) is 0 Å². The summed E-state index contributed by atoms with van der Waals surface area (Å²) in [5.41, 5.74) is -0.836. The molecule has 0 spiro atoms. The lowest BCUT2D eigenvalue weighted by Crippen LogP contribution is -2.43. The van der Waals surface area contributed by atoms with Gasteiger partial charge in [0.1, 0.15) is 11.7 Å². The van der Waals surface area contributed by atoms with E-state index in [1.165, 1.54) is 20.3 Å². The van der Waals surface area contributed by atoms with E-state index in [9.17, 15) is 10.2 Å². The van der Waals surface area contributed by atoms with Gasteiger partial charge in [-0.25, -0.2) is 0 Å². The van der Waals surface area contributed by atoms with Gasteiger partial charge in [0, 0.05) is 7.11 Å². The molecule has 2 atom stereocenters. The number of aliphatic hydroxyl groups excluding tert-OH is 2. The van der Waals surface area contributed by atoms with Crippen LogP contribution in [0, 0.1) is 0 Å². The molecular formula is C9H14O4. The average molecular weight is 186 g/mol. The Morgan fingerprint density at radius 1 is 1.46 bits per heavy atom. The van der Waals surface area contributed by atoms with Crippen molar-refractivity contribution in [2.45, 2.75) is 18.6 Å². The Morgan fingerprint density at radius 2 is 2.08 bits per heavy atom. The molecule has 0 aromatic rings. The molecule has 0 aliphatic heterocycles. The molecule has 1 aliphatic carbocycles. The van der Waals surface area contributed by atoms with Crippen molar-refractivity contribution in [3.8, 4) is 0 Å². The molecule has 4 nitrogen and oxygen atoms in total. The molecule has 0 aromatic carbocycles. The Labute approximate surface area is 77.1 Å². The average Bonchev–Trinajstić information content (AvgIpc) is 2.13. The van der Waals surface area contributed by atoms with Crippen molar-refractivity contribution in [1.82, 2.24) is 0 Å². The monoisotopic (exact) mass is 186 g/mol. The molecule has 13 heavy (non-hydrogen) atoms. The number of aliphatic hydroxyl groups is 2. The molecule has 2 N–H and O–H groups in total. The second kappa shape index (κ2) is 3.40. The Morgan fingerprint density at radius 3 is 2.54 bits per heavy atom. The molecule has 2 unspecified atom stereocenters. The van der Waals surface area contributed by atoms with Crippen LogP contribution >= 0.6 is 0 Å². The molecule has 4 heteroatoms. The summed E-state index contributed by atoms with van der Waals surface area (Å²) >= 11 is 0. The van der Waals surface area contributed by atoms with Crippen LogP contribution in [-0.4, -0.2) is 36.1 Å². The molecule has 74 valence electrons. The molecule has 1 rings (SSSR count). The van der Waals surface area contributed by atoms with Gasteiger partial charge in [0.15, 0.2) is 11.5 Å². The Kier molecular flexibility index (Phi) is 2.63. The molecule has 0 saturated heterocycles. The maximum absolute atomic E-state index is 9.74. The van der Waals surface area contributed by atoms with Gasteiger partial charge in [-0.2, -0.15) is 0 Å². The van der Waals surface area contributed by atoms with Crippen molar-refractivity contribution >= 4 is 0 Å². The van der Waals surface area contributed by atoms with Crippen LogP contribution in [0.2, 0.25) is 0 Å². The molecule has 0 aromatic heterocycles. The third-order valence-electron chi connectivity index (χ3n) is 2.28. The Hall–Kier alpha value is -1.00. The van der Waals surface area contributed by atoms with E-state index in [4.69, 9.17) is 9.47 Å². The Balaban J connectivity index is 3.02. The maximum atomic E-state index is 9.74. The fourth-order valence-corrected chi connectivity index (χ4v) is 1.21. The number of hydrogen-bond acceptors (Lipinski definition) is 4. The van der Waals surface area contributed by atoms with Gasteiger partial charge < -0.3 is 19.7 Å². The third kappa shape index (κ3) is 1.55. The standard InChI is InChI=1S/C9H14O4/c1-9(13-3)5-4-6(10)7(12-2)8(9)11/h4-5,8,10-11H,1-3H3. The van der Waals surface area contributed by atoms with Crippen molar-refractivity contribution in [3.05, 3.63) is 23.7 Å². The summed E-state index contributed by atoms with van der Waals surface area (Å²) in [5.74, 6) is 0.0661. The van der Waals surface area contributed by atoms with E-state index < -0.39 is 11.7 Å². The Bertz CT molecular complexity index is 256. The first-order valence-electron chi connectivity index (χ1n) is 3.94. The topological polar surface area (TPSA) is 58.9 Å². The van der Waals surface area contributed by atoms with E-state index in [0.717, 1.165) is 0 Å². The van der Waals surface area contributed by atoms with E-state index in [-0.39, 0.29) is 11.5 Å². The molecule has 0 amide bonds. The minimum absolute atomic E-state index is 0.0653. The number of hydrogen-bond donors (Lipinski definition) is 2. The number of allylic oxidation sites excluding steroid dienone is 1. The first-order valence-corrected chi connectivity index (χ1v) is 3.94. The highest BCUT2D eigenvalue weighted by Crippen LogP contribution is 2.29. The zero-order valence-corrected chi connectivity index (χ0v) is 7.94. The van der Waals surface area contributed by atoms with Crippen LogP contribution in [0.5, 0.6) is 0 Å².